The zero-order valence-electron chi connectivity index (χ0n) is 16.7. The highest BCUT2D eigenvalue weighted by molar-refractivity contribution is 7.92. The zero-order chi connectivity index (χ0) is 22.1. The Hall–Kier alpha value is -2.16. The highest BCUT2D eigenvalue weighted by Gasteiger charge is 2.30. The third-order valence-corrected chi connectivity index (χ3v) is 6.65. The standard InChI is InChI=1S/C20H22Cl2N2O5S/c1-12(14-4-7-18-19(10-14)29-9-8-28-18)23-20(25)13(2)24(30(3,26)27)15-5-6-16(21)17(22)11-15/h4-7,10-13H,8-9H2,1-3H3,(H,23,25)/t12-,13-/m0/s1. The quantitative estimate of drug-likeness (QED) is 0.690. The van der Waals surface area contributed by atoms with Crippen LogP contribution in [-0.2, 0) is 14.8 Å². The van der Waals surface area contributed by atoms with Crippen LogP contribution in [0.4, 0.5) is 5.69 Å². The molecule has 0 unspecified atom stereocenters. The van der Waals surface area contributed by atoms with Crippen molar-refractivity contribution in [2.24, 2.45) is 0 Å². The topological polar surface area (TPSA) is 84.9 Å². The molecule has 0 fully saturated rings. The van der Waals surface area contributed by atoms with Crippen LogP contribution in [-0.4, -0.2) is 39.8 Å². The van der Waals surface area contributed by atoms with E-state index in [9.17, 15) is 13.2 Å². The number of nitrogens with zero attached hydrogens (tertiary/aromatic N) is 1. The van der Waals surface area contributed by atoms with Crippen molar-refractivity contribution in [1.29, 1.82) is 0 Å². The molecule has 0 saturated heterocycles. The molecule has 0 aliphatic carbocycles. The Morgan fingerprint density at radius 3 is 2.33 bits per heavy atom. The Labute approximate surface area is 185 Å². The number of fused-ring (bicyclic) bond motifs is 1. The summed E-state index contributed by atoms with van der Waals surface area (Å²) < 4.78 is 37.0. The lowest BCUT2D eigenvalue weighted by atomic mass is 10.1. The lowest BCUT2D eigenvalue weighted by Crippen LogP contribution is -2.48. The van der Waals surface area contributed by atoms with Crippen molar-refractivity contribution in [1.82, 2.24) is 5.32 Å². The minimum Gasteiger partial charge on any atom is -0.486 e. The van der Waals surface area contributed by atoms with Gasteiger partial charge in [0.15, 0.2) is 11.5 Å². The normalized spacial score (nSPS) is 15.2. The molecule has 1 aliphatic heterocycles. The second-order valence-corrected chi connectivity index (χ2v) is 9.64. The Kier molecular flexibility index (Phi) is 6.69. The SMILES string of the molecule is C[C@H](NC(=O)[C@H](C)N(c1ccc(Cl)c(Cl)c1)S(C)(=O)=O)c1ccc2c(c1)OCCO2. The van der Waals surface area contributed by atoms with E-state index in [-0.39, 0.29) is 16.8 Å². The van der Waals surface area contributed by atoms with E-state index in [1.165, 1.54) is 25.1 Å². The molecule has 2 aromatic rings. The molecule has 2 atom stereocenters. The summed E-state index contributed by atoms with van der Waals surface area (Å²) in [5.41, 5.74) is 1.06. The van der Waals surface area contributed by atoms with Crippen LogP contribution in [0.1, 0.15) is 25.5 Å². The second kappa shape index (κ2) is 8.91. The van der Waals surface area contributed by atoms with Crippen molar-refractivity contribution in [3.8, 4) is 11.5 Å². The number of rotatable bonds is 6. The molecule has 0 aromatic heterocycles. The monoisotopic (exact) mass is 472 g/mol. The van der Waals surface area contributed by atoms with Gasteiger partial charge in [-0.25, -0.2) is 8.42 Å². The maximum Gasteiger partial charge on any atom is 0.244 e. The van der Waals surface area contributed by atoms with Crippen LogP contribution in [0.15, 0.2) is 36.4 Å². The largest absolute Gasteiger partial charge is 0.486 e. The maximum atomic E-state index is 12.9. The molecule has 0 bridgehead atoms. The predicted molar refractivity (Wildman–Crippen MR) is 117 cm³/mol. The van der Waals surface area contributed by atoms with Gasteiger partial charge in [-0.3, -0.25) is 9.10 Å². The molecule has 0 saturated carbocycles. The van der Waals surface area contributed by atoms with Crippen LogP contribution in [0, 0.1) is 0 Å². The summed E-state index contributed by atoms with van der Waals surface area (Å²) in [7, 11) is -3.77. The summed E-state index contributed by atoms with van der Waals surface area (Å²) in [5.74, 6) is 0.801. The van der Waals surface area contributed by atoms with Crippen LogP contribution >= 0.6 is 23.2 Å². The van der Waals surface area contributed by atoms with Crippen molar-refractivity contribution < 1.29 is 22.7 Å². The lowest BCUT2D eigenvalue weighted by molar-refractivity contribution is -0.122. The fourth-order valence-corrected chi connectivity index (χ4v) is 4.64. The number of anilines is 1. The van der Waals surface area contributed by atoms with Crippen molar-refractivity contribution in [2.75, 3.05) is 23.8 Å². The molecule has 1 amide bonds. The summed E-state index contributed by atoms with van der Waals surface area (Å²) in [6.07, 6.45) is 1.03. The maximum absolute atomic E-state index is 12.9. The van der Waals surface area contributed by atoms with E-state index in [0.717, 1.165) is 16.1 Å². The van der Waals surface area contributed by atoms with Crippen LogP contribution in [0.2, 0.25) is 10.0 Å². The first kappa shape index (κ1) is 22.5. The molecule has 2 aromatic carbocycles. The highest BCUT2D eigenvalue weighted by Crippen LogP contribution is 2.33. The van der Waals surface area contributed by atoms with Gasteiger partial charge in [-0.1, -0.05) is 29.3 Å². The first-order valence-electron chi connectivity index (χ1n) is 9.22. The molecule has 1 heterocycles. The zero-order valence-corrected chi connectivity index (χ0v) is 19.0. The number of amides is 1. The average Bonchev–Trinajstić information content (AvgIpc) is 2.69. The van der Waals surface area contributed by atoms with Crippen molar-refractivity contribution in [3.63, 3.8) is 0 Å². The number of hydrogen-bond donors (Lipinski definition) is 1. The van der Waals surface area contributed by atoms with Crippen molar-refractivity contribution in [2.45, 2.75) is 25.9 Å². The fourth-order valence-electron chi connectivity index (χ4n) is 3.18. The summed E-state index contributed by atoms with van der Waals surface area (Å²) >= 11 is 12.0. The van der Waals surface area contributed by atoms with Crippen LogP contribution in [0.3, 0.4) is 0 Å². The number of hydrogen-bond acceptors (Lipinski definition) is 5. The Balaban J connectivity index is 1.80. The van der Waals surface area contributed by atoms with Crippen LogP contribution < -0.4 is 19.1 Å². The van der Waals surface area contributed by atoms with Crippen LogP contribution in [0.5, 0.6) is 11.5 Å². The molecule has 0 radical (unpaired) electrons. The van der Waals surface area contributed by atoms with E-state index < -0.39 is 22.0 Å². The molecule has 1 aliphatic rings. The fraction of sp³-hybridized carbons (Fsp3) is 0.350. The number of halogens is 2. The van der Waals surface area contributed by atoms with Gasteiger partial charge < -0.3 is 14.8 Å². The molecule has 3 rings (SSSR count). The third-order valence-electron chi connectivity index (χ3n) is 4.67. The van der Waals surface area contributed by atoms with E-state index in [0.29, 0.717) is 29.7 Å². The van der Waals surface area contributed by atoms with Gasteiger partial charge >= 0.3 is 0 Å². The summed E-state index contributed by atoms with van der Waals surface area (Å²) in [5, 5.41) is 3.34. The number of ether oxygens (including phenoxy) is 2. The number of benzene rings is 2. The van der Waals surface area contributed by atoms with Crippen molar-refractivity contribution in [3.05, 3.63) is 52.0 Å². The van der Waals surface area contributed by atoms with Gasteiger partial charge in [-0.2, -0.15) is 0 Å². The Bertz CT molecular complexity index is 1060. The number of carbonyl (C=O) groups excluding carboxylic acids is 1. The molecule has 0 spiro atoms. The summed E-state index contributed by atoms with van der Waals surface area (Å²) in [4.78, 5) is 12.9. The molecule has 162 valence electrons. The van der Waals surface area contributed by atoms with Gasteiger partial charge in [0.1, 0.15) is 19.3 Å². The first-order chi connectivity index (χ1) is 14.1. The first-order valence-corrected chi connectivity index (χ1v) is 11.8. The van der Waals surface area contributed by atoms with Gasteiger partial charge in [0.2, 0.25) is 15.9 Å². The Morgan fingerprint density at radius 2 is 1.70 bits per heavy atom. The number of carbonyl (C=O) groups is 1. The molecule has 10 heteroatoms. The molecular formula is C20H22Cl2N2O5S. The van der Waals surface area contributed by atoms with E-state index >= 15 is 0 Å². The van der Waals surface area contributed by atoms with E-state index in [1.807, 2.05) is 6.07 Å². The third kappa shape index (κ3) is 4.94. The lowest BCUT2D eigenvalue weighted by Gasteiger charge is -2.29. The Morgan fingerprint density at radius 1 is 1.03 bits per heavy atom. The van der Waals surface area contributed by atoms with E-state index in [1.54, 1.807) is 19.1 Å². The smallest absolute Gasteiger partial charge is 0.244 e. The molecule has 7 nitrogen and oxygen atoms in total. The van der Waals surface area contributed by atoms with Gasteiger partial charge in [0, 0.05) is 0 Å². The van der Waals surface area contributed by atoms with Crippen LogP contribution in [0.25, 0.3) is 0 Å². The van der Waals surface area contributed by atoms with E-state index in [4.69, 9.17) is 32.7 Å². The minimum absolute atomic E-state index is 0.195. The second-order valence-electron chi connectivity index (χ2n) is 6.97. The summed E-state index contributed by atoms with van der Waals surface area (Å²) in [6, 6.07) is 8.42. The van der Waals surface area contributed by atoms with Gasteiger partial charge in [-0.05, 0) is 49.7 Å². The van der Waals surface area contributed by atoms with Gasteiger partial charge in [0.25, 0.3) is 0 Å². The van der Waals surface area contributed by atoms with Gasteiger partial charge in [0.05, 0.1) is 28.0 Å². The summed E-state index contributed by atoms with van der Waals surface area (Å²) in [6.45, 7) is 4.27. The van der Waals surface area contributed by atoms with Crippen molar-refractivity contribution >= 4 is 44.8 Å². The predicted octanol–water partition coefficient (Wildman–Crippen LogP) is 3.80. The minimum atomic E-state index is -3.77. The number of sulfonamides is 1. The molecule has 1 N–H and O–H groups in total. The molecule has 30 heavy (non-hydrogen) atoms. The average molecular weight is 473 g/mol. The number of nitrogens with one attached hydrogen (secondary N) is 1. The molecular weight excluding hydrogens is 451 g/mol. The highest BCUT2D eigenvalue weighted by atomic mass is 35.5. The van der Waals surface area contributed by atoms with Gasteiger partial charge in [-0.15, -0.1) is 0 Å². The van der Waals surface area contributed by atoms with E-state index in [2.05, 4.69) is 5.32 Å².